The fraction of sp³-hybridized carbons (Fsp3) is 0.545. The van der Waals surface area contributed by atoms with Gasteiger partial charge >= 0.3 is 5.69 Å². The van der Waals surface area contributed by atoms with Crippen LogP contribution < -0.4 is 14.8 Å². The molecule has 2 rings (SSSR count). The highest BCUT2D eigenvalue weighted by Crippen LogP contribution is 2.29. The molecule has 0 aromatic carbocycles. The molecule has 0 saturated carbocycles. The van der Waals surface area contributed by atoms with E-state index in [1.807, 2.05) is 0 Å². The third kappa shape index (κ3) is 2.86. The smallest absolute Gasteiger partial charge is 0.331 e. The molecule has 0 amide bonds. The first kappa shape index (κ1) is 12.6. The lowest BCUT2D eigenvalue weighted by Gasteiger charge is -2.23. The fourth-order valence-electron chi connectivity index (χ4n) is 1.83. The summed E-state index contributed by atoms with van der Waals surface area (Å²) in [4.78, 5) is 14.4. The van der Waals surface area contributed by atoms with E-state index in [1.54, 1.807) is 0 Å². The Kier molecular flexibility index (Phi) is 3.93. The second-order valence-electron chi connectivity index (χ2n) is 4.00. The van der Waals surface area contributed by atoms with Gasteiger partial charge in [-0.3, -0.25) is 10.1 Å². The topological polar surface area (TPSA) is 86.5 Å². The van der Waals surface area contributed by atoms with Gasteiger partial charge < -0.3 is 14.8 Å². The highest BCUT2D eigenvalue weighted by atomic mass is 16.6. The molecule has 1 aliphatic heterocycles. The van der Waals surface area contributed by atoms with Crippen LogP contribution in [0.15, 0.2) is 12.1 Å². The molecule has 1 aromatic heterocycles. The summed E-state index contributed by atoms with van der Waals surface area (Å²) in [6, 6.07) is 2.80. The second-order valence-corrected chi connectivity index (χ2v) is 4.00. The van der Waals surface area contributed by atoms with Crippen molar-refractivity contribution in [3.63, 3.8) is 0 Å². The van der Waals surface area contributed by atoms with Crippen LogP contribution in [-0.4, -0.2) is 36.2 Å². The van der Waals surface area contributed by atoms with Crippen molar-refractivity contribution < 1.29 is 14.4 Å². The lowest BCUT2D eigenvalue weighted by atomic mass is 10.1. The standard InChI is InChI=1S/C11H15N3O4/c1-17-10-3-2-9(14(15)16)11(13-10)18-8-4-6-12-7-5-8/h2-3,8,12H,4-7H2,1H3. The first-order chi connectivity index (χ1) is 8.70. The first-order valence-corrected chi connectivity index (χ1v) is 5.77. The Bertz CT molecular complexity index is 432. The van der Waals surface area contributed by atoms with Crippen LogP contribution in [0.4, 0.5) is 5.69 Å². The molecule has 0 unspecified atom stereocenters. The Hall–Kier alpha value is -1.89. The van der Waals surface area contributed by atoms with Crippen LogP contribution in [0.2, 0.25) is 0 Å². The molecule has 18 heavy (non-hydrogen) atoms. The highest BCUT2D eigenvalue weighted by molar-refractivity contribution is 5.43. The lowest BCUT2D eigenvalue weighted by Crippen LogP contribution is -2.34. The molecule has 1 N–H and O–H groups in total. The monoisotopic (exact) mass is 253 g/mol. The predicted octanol–water partition coefficient (Wildman–Crippen LogP) is 1.13. The molecule has 1 aromatic rings. The SMILES string of the molecule is COc1ccc([N+](=O)[O-])c(OC2CCNCC2)n1. The van der Waals surface area contributed by atoms with Crippen molar-refractivity contribution in [3.8, 4) is 11.8 Å². The molecule has 0 aliphatic carbocycles. The van der Waals surface area contributed by atoms with Crippen LogP contribution in [0.5, 0.6) is 11.8 Å². The van der Waals surface area contributed by atoms with Gasteiger partial charge in [0.05, 0.1) is 12.0 Å². The number of piperidine rings is 1. The predicted molar refractivity (Wildman–Crippen MR) is 64.0 cm³/mol. The summed E-state index contributed by atoms with van der Waals surface area (Å²) in [5.74, 6) is 0.343. The number of nitrogens with zero attached hydrogens (tertiary/aromatic N) is 2. The van der Waals surface area contributed by atoms with Crippen molar-refractivity contribution in [2.24, 2.45) is 0 Å². The molecular weight excluding hydrogens is 238 g/mol. The normalized spacial score (nSPS) is 16.3. The van der Waals surface area contributed by atoms with E-state index >= 15 is 0 Å². The molecule has 7 nitrogen and oxygen atoms in total. The number of hydrogen-bond acceptors (Lipinski definition) is 6. The van der Waals surface area contributed by atoms with E-state index in [2.05, 4.69) is 10.3 Å². The Labute approximate surface area is 104 Å². The molecule has 7 heteroatoms. The minimum absolute atomic E-state index is 0.0336. The van der Waals surface area contributed by atoms with Gasteiger partial charge in [0.15, 0.2) is 0 Å². The Balaban J connectivity index is 2.19. The van der Waals surface area contributed by atoms with Gasteiger partial charge in [0.1, 0.15) is 6.10 Å². The van der Waals surface area contributed by atoms with Crippen LogP contribution in [0.25, 0.3) is 0 Å². The van der Waals surface area contributed by atoms with E-state index in [-0.39, 0.29) is 17.7 Å². The van der Waals surface area contributed by atoms with Gasteiger partial charge in [0.25, 0.3) is 5.88 Å². The third-order valence-corrected chi connectivity index (χ3v) is 2.78. The number of nitrogens with one attached hydrogen (secondary N) is 1. The molecule has 0 atom stereocenters. The maximum atomic E-state index is 10.9. The van der Waals surface area contributed by atoms with Crippen LogP contribution in [0.1, 0.15) is 12.8 Å². The van der Waals surface area contributed by atoms with Gasteiger partial charge in [-0.1, -0.05) is 0 Å². The molecule has 0 radical (unpaired) electrons. The van der Waals surface area contributed by atoms with E-state index in [4.69, 9.17) is 9.47 Å². The van der Waals surface area contributed by atoms with Gasteiger partial charge in [-0.2, -0.15) is 4.98 Å². The van der Waals surface area contributed by atoms with Crippen molar-refractivity contribution in [3.05, 3.63) is 22.2 Å². The number of nitro groups is 1. The van der Waals surface area contributed by atoms with E-state index in [9.17, 15) is 10.1 Å². The molecule has 2 heterocycles. The summed E-state index contributed by atoms with van der Waals surface area (Å²) < 4.78 is 10.6. The van der Waals surface area contributed by atoms with Crippen molar-refractivity contribution >= 4 is 5.69 Å². The van der Waals surface area contributed by atoms with Crippen molar-refractivity contribution in [1.82, 2.24) is 10.3 Å². The highest BCUT2D eigenvalue weighted by Gasteiger charge is 2.23. The van der Waals surface area contributed by atoms with Gasteiger partial charge in [-0.15, -0.1) is 0 Å². The number of hydrogen-bond donors (Lipinski definition) is 1. The van der Waals surface area contributed by atoms with E-state index in [0.717, 1.165) is 25.9 Å². The van der Waals surface area contributed by atoms with Crippen LogP contribution in [0, 0.1) is 10.1 Å². The molecule has 1 aliphatic rings. The summed E-state index contributed by atoms with van der Waals surface area (Å²) in [6.07, 6.45) is 1.59. The molecular formula is C11H15N3O4. The molecule has 0 bridgehead atoms. The van der Waals surface area contributed by atoms with Crippen molar-refractivity contribution in [2.45, 2.75) is 18.9 Å². The average molecular weight is 253 g/mol. The van der Waals surface area contributed by atoms with E-state index in [0.29, 0.717) is 5.88 Å². The molecule has 1 saturated heterocycles. The summed E-state index contributed by atoms with van der Waals surface area (Å²) >= 11 is 0. The molecule has 0 spiro atoms. The largest absolute Gasteiger partial charge is 0.481 e. The quantitative estimate of drug-likeness (QED) is 0.639. The zero-order valence-corrected chi connectivity index (χ0v) is 10.1. The zero-order valence-electron chi connectivity index (χ0n) is 10.1. The van der Waals surface area contributed by atoms with Gasteiger partial charge in [-0.25, -0.2) is 0 Å². The Morgan fingerprint density at radius 1 is 1.44 bits per heavy atom. The Morgan fingerprint density at radius 2 is 2.17 bits per heavy atom. The molecule has 98 valence electrons. The van der Waals surface area contributed by atoms with Crippen LogP contribution >= 0.6 is 0 Å². The minimum atomic E-state index is -0.497. The number of ether oxygens (including phenoxy) is 2. The minimum Gasteiger partial charge on any atom is -0.481 e. The van der Waals surface area contributed by atoms with Gasteiger partial charge in [0.2, 0.25) is 5.88 Å². The van der Waals surface area contributed by atoms with E-state index in [1.165, 1.54) is 19.2 Å². The summed E-state index contributed by atoms with van der Waals surface area (Å²) in [5.41, 5.74) is -0.130. The maximum Gasteiger partial charge on any atom is 0.331 e. The van der Waals surface area contributed by atoms with Crippen LogP contribution in [0.3, 0.4) is 0 Å². The lowest BCUT2D eigenvalue weighted by molar-refractivity contribution is -0.386. The summed E-state index contributed by atoms with van der Waals surface area (Å²) in [6.45, 7) is 1.70. The second kappa shape index (κ2) is 5.63. The summed E-state index contributed by atoms with van der Waals surface area (Å²) in [5, 5.41) is 14.1. The fourth-order valence-corrected chi connectivity index (χ4v) is 1.83. The number of aromatic nitrogens is 1. The Morgan fingerprint density at radius 3 is 2.78 bits per heavy atom. The first-order valence-electron chi connectivity index (χ1n) is 5.77. The van der Waals surface area contributed by atoms with Crippen molar-refractivity contribution in [1.29, 1.82) is 0 Å². The molecule has 1 fully saturated rings. The van der Waals surface area contributed by atoms with Gasteiger partial charge in [0, 0.05) is 12.1 Å². The number of pyridine rings is 1. The number of methoxy groups -OCH3 is 1. The average Bonchev–Trinajstić information content (AvgIpc) is 2.39. The van der Waals surface area contributed by atoms with Crippen molar-refractivity contribution in [2.75, 3.05) is 20.2 Å². The van der Waals surface area contributed by atoms with Crippen LogP contribution in [-0.2, 0) is 0 Å². The van der Waals surface area contributed by atoms with Gasteiger partial charge in [-0.05, 0) is 25.9 Å². The maximum absolute atomic E-state index is 10.9. The summed E-state index contributed by atoms with van der Waals surface area (Å²) in [7, 11) is 1.46. The number of rotatable bonds is 4. The van der Waals surface area contributed by atoms with E-state index < -0.39 is 4.92 Å². The zero-order chi connectivity index (χ0) is 13.0. The third-order valence-electron chi connectivity index (χ3n) is 2.78.